The summed E-state index contributed by atoms with van der Waals surface area (Å²) < 4.78 is 72.1. The standard InChI is InChI=1S/C20H20F3N3O3S/c1-3-13(2)30(27,28)26(16-7-5-4-6-8-16)12-15-10-9-14(11-17(15)21)19-24-25-20(29-19)18(22)23/h4-11,13,18H,3,12H2,1-2H3. The Balaban J connectivity index is 1.95. The summed E-state index contributed by atoms with van der Waals surface area (Å²) >= 11 is 0. The molecule has 0 saturated heterocycles. The SMILES string of the molecule is CCC(C)S(=O)(=O)N(Cc1ccc(-c2nnc(C(F)F)o2)cc1F)c1ccccc1. The van der Waals surface area contributed by atoms with E-state index in [1.165, 1.54) is 16.4 Å². The van der Waals surface area contributed by atoms with Crippen LogP contribution in [0.2, 0.25) is 0 Å². The van der Waals surface area contributed by atoms with E-state index < -0.39 is 33.4 Å². The van der Waals surface area contributed by atoms with Crippen molar-refractivity contribution in [1.82, 2.24) is 10.2 Å². The largest absolute Gasteiger partial charge is 0.415 e. The highest BCUT2D eigenvalue weighted by Gasteiger charge is 2.29. The fraction of sp³-hybridized carbons (Fsp3) is 0.300. The summed E-state index contributed by atoms with van der Waals surface area (Å²) in [4.78, 5) is 0. The lowest BCUT2D eigenvalue weighted by atomic mass is 10.1. The molecule has 1 aromatic heterocycles. The first-order chi connectivity index (χ1) is 14.2. The van der Waals surface area contributed by atoms with Crippen LogP contribution >= 0.6 is 0 Å². The molecule has 1 unspecified atom stereocenters. The fourth-order valence-electron chi connectivity index (χ4n) is 2.75. The first kappa shape index (κ1) is 21.8. The van der Waals surface area contributed by atoms with Crippen LogP contribution in [-0.2, 0) is 16.6 Å². The molecular formula is C20H20F3N3O3S. The van der Waals surface area contributed by atoms with E-state index in [0.29, 0.717) is 12.1 Å². The molecule has 0 aliphatic carbocycles. The molecule has 1 atom stereocenters. The molecule has 30 heavy (non-hydrogen) atoms. The quantitative estimate of drug-likeness (QED) is 0.497. The third-order valence-electron chi connectivity index (χ3n) is 4.68. The molecule has 0 bridgehead atoms. The second-order valence-electron chi connectivity index (χ2n) is 6.66. The van der Waals surface area contributed by atoms with E-state index in [4.69, 9.17) is 4.42 Å². The molecule has 6 nitrogen and oxygen atoms in total. The van der Waals surface area contributed by atoms with Crippen LogP contribution in [-0.4, -0.2) is 23.9 Å². The van der Waals surface area contributed by atoms with Crippen LogP contribution in [0, 0.1) is 5.82 Å². The van der Waals surface area contributed by atoms with Crippen molar-refractivity contribution in [2.24, 2.45) is 0 Å². The van der Waals surface area contributed by atoms with Gasteiger partial charge in [-0.15, -0.1) is 10.2 Å². The van der Waals surface area contributed by atoms with Crippen molar-refractivity contribution in [3.63, 3.8) is 0 Å². The van der Waals surface area contributed by atoms with Gasteiger partial charge in [0.15, 0.2) is 0 Å². The Morgan fingerprint density at radius 3 is 2.37 bits per heavy atom. The molecule has 0 saturated carbocycles. The molecule has 0 fully saturated rings. The molecule has 1 heterocycles. The minimum Gasteiger partial charge on any atom is -0.415 e. The van der Waals surface area contributed by atoms with Gasteiger partial charge >= 0.3 is 6.43 Å². The lowest BCUT2D eigenvalue weighted by Gasteiger charge is -2.27. The normalized spacial score (nSPS) is 12.9. The molecule has 0 radical (unpaired) electrons. The molecule has 0 aliphatic rings. The van der Waals surface area contributed by atoms with Gasteiger partial charge in [0.25, 0.3) is 5.89 Å². The smallest absolute Gasteiger partial charge is 0.314 e. The topological polar surface area (TPSA) is 76.3 Å². The highest BCUT2D eigenvalue weighted by molar-refractivity contribution is 7.93. The Bertz CT molecular complexity index is 1100. The van der Waals surface area contributed by atoms with Gasteiger partial charge in [-0.1, -0.05) is 31.2 Å². The van der Waals surface area contributed by atoms with E-state index in [1.807, 2.05) is 0 Å². The number of para-hydroxylation sites is 1. The van der Waals surface area contributed by atoms with Gasteiger partial charge in [0.2, 0.25) is 15.9 Å². The number of nitrogens with zero attached hydrogens (tertiary/aromatic N) is 3. The summed E-state index contributed by atoms with van der Waals surface area (Å²) in [5.74, 6) is -1.82. The van der Waals surface area contributed by atoms with E-state index >= 15 is 0 Å². The third kappa shape index (κ3) is 4.48. The molecule has 0 N–H and O–H groups in total. The van der Waals surface area contributed by atoms with Gasteiger partial charge in [0.1, 0.15) is 5.82 Å². The molecule has 10 heteroatoms. The Kier molecular flexibility index (Phi) is 6.45. The molecule has 0 spiro atoms. The highest BCUT2D eigenvalue weighted by atomic mass is 32.2. The van der Waals surface area contributed by atoms with Crippen molar-refractivity contribution < 1.29 is 26.0 Å². The monoisotopic (exact) mass is 439 g/mol. The summed E-state index contributed by atoms with van der Waals surface area (Å²) in [6.07, 6.45) is -2.53. The molecule has 3 aromatic rings. The summed E-state index contributed by atoms with van der Waals surface area (Å²) in [7, 11) is -3.75. The Morgan fingerprint density at radius 1 is 1.10 bits per heavy atom. The number of benzene rings is 2. The number of rotatable bonds is 8. The van der Waals surface area contributed by atoms with Crippen molar-refractivity contribution in [3.8, 4) is 11.5 Å². The molecule has 0 aliphatic heterocycles. The maximum Gasteiger partial charge on any atom is 0.314 e. The number of aromatic nitrogens is 2. The second-order valence-corrected chi connectivity index (χ2v) is 8.93. The molecule has 160 valence electrons. The average Bonchev–Trinajstić information content (AvgIpc) is 3.23. The minimum atomic E-state index is -3.75. The average molecular weight is 439 g/mol. The van der Waals surface area contributed by atoms with E-state index in [2.05, 4.69) is 10.2 Å². The maximum atomic E-state index is 14.8. The van der Waals surface area contributed by atoms with Gasteiger partial charge in [-0.3, -0.25) is 4.31 Å². The summed E-state index contributed by atoms with van der Waals surface area (Å²) in [6.45, 7) is 3.13. The number of halogens is 3. The first-order valence-electron chi connectivity index (χ1n) is 9.21. The maximum absolute atomic E-state index is 14.8. The summed E-state index contributed by atoms with van der Waals surface area (Å²) in [5.41, 5.74) is 0.648. The van der Waals surface area contributed by atoms with Crippen LogP contribution in [0.1, 0.15) is 38.1 Å². The van der Waals surface area contributed by atoms with E-state index in [-0.39, 0.29) is 23.6 Å². The van der Waals surface area contributed by atoms with E-state index in [0.717, 1.165) is 6.07 Å². The molecule has 3 rings (SSSR count). The van der Waals surface area contributed by atoms with E-state index in [9.17, 15) is 21.6 Å². The van der Waals surface area contributed by atoms with Gasteiger partial charge in [-0.25, -0.2) is 12.8 Å². The van der Waals surface area contributed by atoms with Crippen molar-refractivity contribution in [1.29, 1.82) is 0 Å². The highest BCUT2D eigenvalue weighted by Crippen LogP contribution is 2.28. The van der Waals surface area contributed by atoms with Crippen LogP contribution in [0.3, 0.4) is 0 Å². The predicted octanol–water partition coefficient (Wildman–Crippen LogP) is 4.95. The number of alkyl halides is 2. The summed E-state index contributed by atoms with van der Waals surface area (Å²) in [5, 5.41) is 6.05. The van der Waals surface area contributed by atoms with Crippen molar-refractivity contribution >= 4 is 15.7 Å². The number of hydrogen-bond acceptors (Lipinski definition) is 5. The van der Waals surface area contributed by atoms with Crippen LogP contribution in [0.25, 0.3) is 11.5 Å². The lowest BCUT2D eigenvalue weighted by Crippen LogP contribution is -2.37. The van der Waals surface area contributed by atoms with Gasteiger partial charge < -0.3 is 4.42 Å². The van der Waals surface area contributed by atoms with Crippen molar-refractivity contribution in [2.75, 3.05) is 4.31 Å². The molecular weight excluding hydrogens is 419 g/mol. The number of sulfonamides is 1. The number of anilines is 1. The van der Waals surface area contributed by atoms with Crippen LogP contribution in [0.15, 0.2) is 52.9 Å². The van der Waals surface area contributed by atoms with Crippen LogP contribution in [0.4, 0.5) is 18.9 Å². The van der Waals surface area contributed by atoms with Crippen molar-refractivity contribution in [2.45, 2.75) is 38.5 Å². The number of hydrogen-bond donors (Lipinski definition) is 0. The Hall–Kier alpha value is -2.88. The fourth-order valence-corrected chi connectivity index (χ4v) is 4.34. The van der Waals surface area contributed by atoms with Crippen LogP contribution in [0.5, 0.6) is 0 Å². The zero-order valence-corrected chi connectivity index (χ0v) is 17.1. The molecule has 0 amide bonds. The summed E-state index contributed by atoms with van der Waals surface area (Å²) in [6, 6.07) is 12.3. The van der Waals surface area contributed by atoms with Crippen LogP contribution < -0.4 is 4.31 Å². The third-order valence-corrected chi connectivity index (χ3v) is 6.98. The zero-order valence-electron chi connectivity index (χ0n) is 16.3. The van der Waals surface area contributed by atoms with Gasteiger partial charge in [0, 0.05) is 11.1 Å². The second kappa shape index (κ2) is 8.86. The van der Waals surface area contributed by atoms with Crippen molar-refractivity contribution in [3.05, 3.63) is 65.8 Å². The Morgan fingerprint density at radius 2 is 1.80 bits per heavy atom. The van der Waals surface area contributed by atoms with Gasteiger partial charge in [-0.05, 0) is 37.6 Å². The minimum absolute atomic E-state index is 0.114. The van der Waals surface area contributed by atoms with Gasteiger partial charge in [0.05, 0.1) is 17.5 Å². The van der Waals surface area contributed by atoms with E-state index in [1.54, 1.807) is 44.2 Å². The predicted molar refractivity (Wildman–Crippen MR) is 106 cm³/mol. The lowest BCUT2D eigenvalue weighted by molar-refractivity contribution is 0.116. The Labute approximate surface area is 172 Å². The van der Waals surface area contributed by atoms with Gasteiger partial charge in [-0.2, -0.15) is 8.78 Å². The first-order valence-corrected chi connectivity index (χ1v) is 10.7. The molecule has 2 aromatic carbocycles. The zero-order chi connectivity index (χ0) is 21.9.